The van der Waals surface area contributed by atoms with Crippen LogP contribution in [0.25, 0.3) is 10.4 Å². The zero-order valence-corrected chi connectivity index (χ0v) is 22.0. The van der Waals surface area contributed by atoms with Gasteiger partial charge in [0.05, 0.1) is 16.5 Å². The van der Waals surface area contributed by atoms with E-state index in [1.54, 1.807) is 4.90 Å². The summed E-state index contributed by atoms with van der Waals surface area (Å²) in [5.41, 5.74) is -7.78. The SMILES string of the molecule is Cc1cc(C(O)(C(F)(F)F)C(F)(F)F)ccc1-c1sc(C(=O)NC2CC2(C)O)nc1C(=O)N1CCCCC1C. The Labute approximate surface area is 223 Å². The highest BCUT2D eigenvalue weighted by Gasteiger charge is 2.71. The predicted octanol–water partition coefficient (Wildman–Crippen LogP) is 4.70. The molecule has 2 amide bonds. The number of piperidine rings is 1. The molecule has 0 spiro atoms. The lowest BCUT2D eigenvalue weighted by Gasteiger charge is -2.33. The van der Waals surface area contributed by atoms with Gasteiger partial charge in [0.1, 0.15) is 5.69 Å². The van der Waals surface area contributed by atoms with Crippen LogP contribution in [-0.2, 0) is 5.60 Å². The Balaban J connectivity index is 1.79. The monoisotopic (exact) mass is 579 g/mol. The summed E-state index contributed by atoms with van der Waals surface area (Å²) in [6.45, 7) is 5.04. The van der Waals surface area contributed by atoms with Crippen molar-refractivity contribution in [3.05, 3.63) is 40.0 Å². The van der Waals surface area contributed by atoms with Crippen LogP contribution < -0.4 is 5.32 Å². The summed E-state index contributed by atoms with van der Waals surface area (Å²) >= 11 is 0.764. The van der Waals surface area contributed by atoms with Gasteiger partial charge >= 0.3 is 12.4 Å². The molecular formula is C25H27F6N3O4S. The maximum absolute atomic E-state index is 13.5. The Bertz CT molecular complexity index is 1280. The van der Waals surface area contributed by atoms with Crippen molar-refractivity contribution in [2.75, 3.05) is 6.54 Å². The summed E-state index contributed by atoms with van der Waals surface area (Å²) < 4.78 is 80.5. The smallest absolute Gasteiger partial charge is 0.388 e. The summed E-state index contributed by atoms with van der Waals surface area (Å²) in [6.07, 6.45) is -9.41. The van der Waals surface area contributed by atoms with Crippen molar-refractivity contribution in [3.63, 3.8) is 0 Å². The molecule has 214 valence electrons. The van der Waals surface area contributed by atoms with E-state index in [2.05, 4.69) is 10.3 Å². The molecule has 1 saturated carbocycles. The largest absolute Gasteiger partial charge is 0.430 e. The molecular weight excluding hydrogens is 552 g/mol. The van der Waals surface area contributed by atoms with Gasteiger partial charge in [-0.05, 0) is 51.2 Å². The fourth-order valence-electron chi connectivity index (χ4n) is 4.69. The van der Waals surface area contributed by atoms with Crippen LogP contribution in [0.15, 0.2) is 18.2 Å². The van der Waals surface area contributed by atoms with Gasteiger partial charge in [-0.15, -0.1) is 11.3 Å². The standard InChI is InChI=1S/C25H27F6N3O4S/c1-12-10-14(23(38,24(26,27)28)25(29,30)31)7-8-15(12)18-17(21(36)34-9-5-4-6-13(34)2)33-20(39-18)19(35)32-16-11-22(16,3)37/h7-8,10,13,16,37-38H,4-6,9,11H2,1-3H3,(H,32,35). The number of nitrogens with one attached hydrogen (secondary N) is 1. The molecule has 14 heteroatoms. The van der Waals surface area contributed by atoms with E-state index >= 15 is 0 Å². The third-order valence-corrected chi connectivity index (χ3v) is 8.40. The summed E-state index contributed by atoms with van der Waals surface area (Å²) in [4.78, 5) is 32.3. The van der Waals surface area contributed by atoms with Gasteiger partial charge in [0, 0.05) is 24.6 Å². The molecule has 1 aliphatic carbocycles. The minimum atomic E-state index is -6.05. The van der Waals surface area contributed by atoms with Crippen LogP contribution in [0.4, 0.5) is 26.3 Å². The molecule has 1 aliphatic heterocycles. The first-order chi connectivity index (χ1) is 17.9. The maximum atomic E-state index is 13.5. The van der Waals surface area contributed by atoms with E-state index in [0.29, 0.717) is 25.1 Å². The first kappa shape index (κ1) is 29.3. The fraction of sp³-hybridized carbons (Fsp3) is 0.560. The van der Waals surface area contributed by atoms with E-state index in [1.807, 2.05) is 6.92 Å². The summed E-state index contributed by atoms with van der Waals surface area (Å²) in [6, 6.07) is 1.35. The zero-order valence-electron chi connectivity index (χ0n) is 21.2. The lowest BCUT2D eigenvalue weighted by molar-refractivity contribution is -0.376. The molecule has 7 nitrogen and oxygen atoms in total. The highest BCUT2D eigenvalue weighted by atomic mass is 32.1. The molecule has 2 fully saturated rings. The number of carbonyl (C=O) groups is 2. The van der Waals surface area contributed by atoms with Crippen LogP contribution in [-0.4, -0.2) is 68.5 Å². The average Bonchev–Trinajstić information content (AvgIpc) is 3.22. The van der Waals surface area contributed by atoms with Crippen molar-refractivity contribution in [1.29, 1.82) is 0 Å². The second-order valence-electron chi connectivity index (χ2n) is 10.4. The van der Waals surface area contributed by atoms with Crippen molar-refractivity contribution in [2.24, 2.45) is 0 Å². The van der Waals surface area contributed by atoms with Gasteiger partial charge in [0.25, 0.3) is 17.4 Å². The molecule has 39 heavy (non-hydrogen) atoms. The van der Waals surface area contributed by atoms with Gasteiger partial charge in [-0.25, -0.2) is 4.98 Å². The number of rotatable bonds is 5. The molecule has 0 radical (unpaired) electrons. The number of benzene rings is 1. The molecule has 3 unspecified atom stereocenters. The third kappa shape index (κ3) is 5.25. The van der Waals surface area contributed by atoms with Crippen LogP contribution in [0.1, 0.15) is 70.9 Å². The Hall–Kier alpha value is -2.71. The van der Waals surface area contributed by atoms with Crippen LogP contribution >= 0.6 is 11.3 Å². The highest BCUT2D eigenvalue weighted by molar-refractivity contribution is 7.17. The molecule has 0 bridgehead atoms. The Kier molecular flexibility index (Phi) is 7.31. The first-order valence-corrected chi connectivity index (χ1v) is 13.0. The van der Waals surface area contributed by atoms with E-state index in [0.717, 1.165) is 36.7 Å². The van der Waals surface area contributed by atoms with Crippen LogP contribution in [0.3, 0.4) is 0 Å². The van der Waals surface area contributed by atoms with E-state index in [4.69, 9.17) is 0 Å². The number of halogens is 6. The zero-order chi connectivity index (χ0) is 29.1. The van der Waals surface area contributed by atoms with Crippen LogP contribution in [0, 0.1) is 6.92 Å². The summed E-state index contributed by atoms with van der Waals surface area (Å²) in [5.74, 6) is -1.19. The molecule has 4 rings (SSSR count). The molecule has 3 atom stereocenters. The highest BCUT2D eigenvalue weighted by Crippen LogP contribution is 2.50. The van der Waals surface area contributed by atoms with Crippen molar-refractivity contribution in [2.45, 2.75) is 82.1 Å². The minimum absolute atomic E-state index is 0.0911. The summed E-state index contributed by atoms with van der Waals surface area (Å²) in [7, 11) is 0. The number of nitrogens with zero attached hydrogens (tertiary/aromatic N) is 2. The van der Waals surface area contributed by atoms with Gasteiger partial charge < -0.3 is 20.4 Å². The molecule has 1 saturated heterocycles. The Morgan fingerprint density at radius 1 is 1.15 bits per heavy atom. The number of thiazole rings is 1. The minimum Gasteiger partial charge on any atom is -0.388 e. The number of hydrogen-bond donors (Lipinski definition) is 3. The number of alkyl halides is 6. The Morgan fingerprint density at radius 2 is 1.77 bits per heavy atom. The second-order valence-corrected chi connectivity index (χ2v) is 11.4. The lowest BCUT2D eigenvalue weighted by atomic mass is 9.89. The molecule has 1 aromatic carbocycles. The molecule has 2 aromatic rings. The molecule has 1 aromatic heterocycles. The van der Waals surface area contributed by atoms with Crippen molar-refractivity contribution in [3.8, 4) is 10.4 Å². The fourth-order valence-corrected chi connectivity index (χ4v) is 5.74. The average molecular weight is 580 g/mol. The molecule has 2 heterocycles. The van der Waals surface area contributed by atoms with Crippen molar-refractivity contribution in [1.82, 2.24) is 15.2 Å². The van der Waals surface area contributed by atoms with Gasteiger partial charge in [0.2, 0.25) is 0 Å². The molecule has 3 N–H and O–H groups in total. The topological polar surface area (TPSA) is 103 Å². The number of amides is 2. The lowest BCUT2D eigenvalue weighted by Crippen LogP contribution is -2.53. The van der Waals surface area contributed by atoms with Crippen molar-refractivity contribution < 1.29 is 46.1 Å². The predicted molar refractivity (Wildman–Crippen MR) is 129 cm³/mol. The molecule has 2 aliphatic rings. The van der Waals surface area contributed by atoms with Gasteiger partial charge in [-0.1, -0.05) is 18.2 Å². The van der Waals surface area contributed by atoms with E-state index < -0.39 is 47.0 Å². The number of hydrogen-bond acceptors (Lipinski definition) is 6. The Morgan fingerprint density at radius 3 is 2.28 bits per heavy atom. The van der Waals surface area contributed by atoms with E-state index in [1.165, 1.54) is 13.8 Å². The quantitative estimate of drug-likeness (QED) is 0.446. The second kappa shape index (κ2) is 9.73. The first-order valence-electron chi connectivity index (χ1n) is 12.2. The van der Waals surface area contributed by atoms with E-state index in [-0.39, 0.29) is 32.7 Å². The van der Waals surface area contributed by atoms with Gasteiger partial charge in [-0.2, -0.15) is 26.3 Å². The number of aryl methyl sites for hydroxylation is 1. The summed E-state index contributed by atoms with van der Waals surface area (Å²) in [5, 5.41) is 22.2. The van der Waals surface area contributed by atoms with Gasteiger partial charge in [0.15, 0.2) is 5.01 Å². The van der Waals surface area contributed by atoms with Crippen molar-refractivity contribution >= 4 is 23.2 Å². The third-order valence-electron chi connectivity index (χ3n) is 7.31. The maximum Gasteiger partial charge on any atom is 0.430 e. The van der Waals surface area contributed by atoms with Crippen LogP contribution in [0.2, 0.25) is 0 Å². The number of aliphatic hydroxyl groups is 2. The van der Waals surface area contributed by atoms with Crippen LogP contribution in [0.5, 0.6) is 0 Å². The number of carbonyl (C=O) groups excluding carboxylic acids is 2. The number of aromatic nitrogens is 1. The van der Waals surface area contributed by atoms with E-state index in [9.17, 15) is 46.1 Å². The number of likely N-dealkylation sites (tertiary alicyclic amines) is 1. The normalized spacial score (nSPS) is 24.0. The van der Waals surface area contributed by atoms with Gasteiger partial charge in [-0.3, -0.25) is 9.59 Å².